The van der Waals surface area contributed by atoms with E-state index in [1.54, 1.807) is 21.1 Å². The van der Waals surface area contributed by atoms with Crippen molar-refractivity contribution >= 4 is 17.9 Å². The molecule has 0 rings (SSSR count). The Hall–Kier alpha value is -2.97. The van der Waals surface area contributed by atoms with Crippen LogP contribution in [0.2, 0.25) is 0 Å². The van der Waals surface area contributed by atoms with Crippen LogP contribution in [0.4, 0.5) is 0 Å². The number of ether oxygens (including phenoxy) is 3. The normalized spacial score (nSPS) is 13.5. The predicted molar refractivity (Wildman–Crippen MR) is 226 cm³/mol. The van der Waals surface area contributed by atoms with Crippen molar-refractivity contribution in [1.82, 2.24) is 0 Å². The largest absolute Gasteiger partial charge is 0.544 e. The highest BCUT2D eigenvalue weighted by Crippen LogP contribution is 2.13. The second kappa shape index (κ2) is 37.9. The third-order valence-corrected chi connectivity index (χ3v) is 9.39. The van der Waals surface area contributed by atoms with Gasteiger partial charge in [0, 0.05) is 19.3 Å². The molecule has 0 bridgehead atoms. The van der Waals surface area contributed by atoms with E-state index in [9.17, 15) is 19.5 Å². The number of esters is 2. The first kappa shape index (κ1) is 52.0. The molecule has 0 aromatic carbocycles. The number of carbonyl (C=O) groups is 3. The van der Waals surface area contributed by atoms with Crippen LogP contribution in [0.5, 0.6) is 0 Å². The smallest absolute Gasteiger partial charge is 0.306 e. The maximum atomic E-state index is 12.7. The summed E-state index contributed by atoms with van der Waals surface area (Å²) in [5, 5.41) is 11.6. The molecule has 0 aromatic heterocycles. The lowest BCUT2D eigenvalue weighted by Crippen LogP contribution is -2.55. The van der Waals surface area contributed by atoms with Crippen molar-refractivity contribution in [3.8, 4) is 0 Å². The summed E-state index contributed by atoms with van der Waals surface area (Å²) in [6.07, 6.45) is 45.3. The summed E-state index contributed by atoms with van der Waals surface area (Å²) in [7, 11) is 5.39. The fourth-order valence-electron chi connectivity index (χ4n) is 5.98. The quantitative estimate of drug-likeness (QED) is 0.0266. The summed E-state index contributed by atoms with van der Waals surface area (Å²) in [6.45, 7) is 4.48. The van der Waals surface area contributed by atoms with Crippen LogP contribution in [0.1, 0.15) is 168 Å². The molecule has 8 heteroatoms. The SMILES string of the molecule is CC/C=C/C/C=C/C/C=C/C/C=C/CCCCCCCCCC(=O)OCC(COCCC(C(=O)[O-])[N+](C)(C)C)OC(=O)CCCCCCC/C=C/CCCC. The molecular formula is C47H81NO7. The molecule has 0 aliphatic rings. The molecule has 8 nitrogen and oxygen atoms in total. The molecule has 316 valence electrons. The van der Waals surface area contributed by atoms with E-state index in [-0.39, 0.29) is 42.7 Å². The van der Waals surface area contributed by atoms with Crippen LogP contribution in [0.15, 0.2) is 60.8 Å². The van der Waals surface area contributed by atoms with Gasteiger partial charge in [0.05, 0.1) is 40.3 Å². The molecule has 0 aliphatic heterocycles. The van der Waals surface area contributed by atoms with E-state index in [0.717, 1.165) is 89.9 Å². The van der Waals surface area contributed by atoms with E-state index in [4.69, 9.17) is 14.2 Å². The molecule has 0 heterocycles. The molecule has 2 unspecified atom stereocenters. The van der Waals surface area contributed by atoms with Gasteiger partial charge < -0.3 is 28.6 Å². The molecule has 0 fully saturated rings. The summed E-state index contributed by atoms with van der Waals surface area (Å²) < 4.78 is 17.1. The minimum Gasteiger partial charge on any atom is -0.544 e. The summed E-state index contributed by atoms with van der Waals surface area (Å²) in [6, 6.07) is -0.730. The van der Waals surface area contributed by atoms with E-state index < -0.39 is 18.1 Å². The summed E-state index contributed by atoms with van der Waals surface area (Å²) in [5.74, 6) is -1.77. The van der Waals surface area contributed by atoms with Crippen molar-refractivity contribution in [3.05, 3.63) is 60.8 Å². The number of carboxylic acid groups (broad SMARTS) is 1. The number of carboxylic acids is 1. The van der Waals surface area contributed by atoms with E-state index in [2.05, 4.69) is 74.6 Å². The first-order chi connectivity index (χ1) is 26.6. The van der Waals surface area contributed by atoms with Crippen LogP contribution in [0.25, 0.3) is 0 Å². The molecular weight excluding hydrogens is 691 g/mol. The maximum Gasteiger partial charge on any atom is 0.306 e. The zero-order valence-electron chi connectivity index (χ0n) is 35.8. The Balaban J connectivity index is 4.32. The number of rotatable bonds is 38. The second-order valence-corrected chi connectivity index (χ2v) is 15.5. The van der Waals surface area contributed by atoms with Crippen LogP contribution in [-0.2, 0) is 28.6 Å². The van der Waals surface area contributed by atoms with E-state index in [1.165, 1.54) is 44.9 Å². The number of hydrogen-bond acceptors (Lipinski definition) is 7. The molecule has 0 N–H and O–H groups in total. The lowest BCUT2D eigenvalue weighted by Gasteiger charge is -2.34. The summed E-state index contributed by atoms with van der Waals surface area (Å²) in [5.41, 5.74) is 0. The zero-order chi connectivity index (χ0) is 40.7. The summed E-state index contributed by atoms with van der Waals surface area (Å²) in [4.78, 5) is 36.8. The molecule has 0 aliphatic carbocycles. The van der Waals surface area contributed by atoms with Gasteiger partial charge in [-0.3, -0.25) is 9.59 Å². The van der Waals surface area contributed by atoms with Crippen molar-refractivity contribution in [3.63, 3.8) is 0 Å². The minimum atomic E-state index is -1.13. The third-order valence-electron chi connectivity index (χ3n) is 9.39. The Bertz CT molecular complexity index is 1090. The maximum absolute atomic E-state index is 12.7. The average Bonchev–Trinajstić information content (AvgIpc) is 3.14. The van der Waals surface area contributed by atoms with Crippen molar-refractivity contribution in [2.45, 2.75) is 180 Å². The van der Waals surface area contributed by atoms with Gasteiger partial charge in [0.1, 0.15) is 12.6 Å². The van der Waals surface area contributed by atoms with Crippen molar-refractivity contribution < 1.29 is 38.2 Å². The lowest BCUT2D eigenvalue weighted by atomic mass is 10.1. The van der Waals surface area contributed by atoms with Crippen LogP contribution >= 0.6 is 0 Å². The third kappa shape index (κ3) is 36.4. The standard InChI is InChI=1S/C47H81NO7/c1-6-8-10-12-14-16-18-19-20-21-22-23-24-25-26-28-29-31-33-35-37-45(49)54-42-43(41-53-40-39-44(47(51)52)48(3,4)5)55-46(50)38-36-34-32-30-27-17-15-13-11-9-7-2/h8,10,13-16,19-20,22-23,43-44H,6-7,9,11-12,17-18,21,24-42H2,1-5H3/b10-8+,15-13+,16-14+,20-19+,23-22+. The van der Waals surface area contributed by atoms with Gasteiger partial charge in [-0.1, -0.05) is 139 Å². The number of likely N-dealkylation sites (N-methyl/N-ethyl adjacent to an activating group) is 1. The minimum absolute atomic E-state index is 0.0317. The van der Waals surface area contributed by atoms with Gasteiger partial charge in [-0.15, -0.1) is 0 Å². The number of carbonyl (C=O) groups excluding carboxylic acids is 3. The number of quaternary nitrogens is 1. The Kier molecular flexibility index (Phi) is 35.9. The lowest BCUT2D eigenvalue weighted by molar-refractivity contribution is -0.889. The van der Waals surface area contributed by atoms with Crippen LogP contribution in [-0.4, -0.2) is 75.5 Å². The molecule has 0 radical (unpaired) electrons. The van der Waals surface area contributed by atoms with Crippen molar-refractivity contribution in [2.75, 3.05) is 41.0 Å². The van der Waals surface area contributed by atoms with Gasteiger partial charge in [0.25, 0.3) is 0 Å². The van der Waals surface area contributed by atoms with Crippen LogP contribution in [0, 0.1) is 0 Å². The van der Waals surface area contributed by atoms with Gasteiger partial charge in [0.15, 0.2) is 6.10 Å². The first-order valence-electron chi connectivity index (χ1n) is 21.8. The molecule has 2 atom stereocenters. The fraction of sp³-hybridized carbons (Fsp3) is 0.723. The van der Waals surface area contributed by atoms with Gasteiger partial charge in [0.2, 0.25) is 0 Å². The molecule has 0 spiro atoms. The number of unbranched alkanes of at least 4 members (excludes halogenated alkanes) is 14. The predicted octanol–water partition coefficient (Wildman–Crippen LogP) is 10.5. The Labute approximate surface area is 337 Å². The topological polar surface area (TPSA) is 102 Å². The molecule has 0 saturated heterocycles. The van der Waals surface area contributed by atoms with Gasteiger partial charge >= 0.3 is 11.9 Å². The van der Waals surface area contributed by atoms with Crippen LogP contribution in [0.3, 0.4) is 0 Å². The Morgan fingerprint density at radius 2 is 1.02 bits per heavy atom. The monoisotopic (exact) mass is 772 g/mol. The Morgan fingerprint density at radius 3 is 1.53 bits per heavy atom. The second-order valence-electron chi connectivity index (χ2n) is 15.5. The van der Waals surface area contributed by atoms with E-state index >= 15 is 0 Å². The molecule has 0 amide bonds. The fourth-order valence-corrected chi connectivity index (χ4v) is 5.98. The highest BCUT2D eigenvalue weighted by atomic mass is 16.6. The van der Waals surface area contributed by atoms with Crippen molar-refractivity contribution in [2.24, 2.45) is 0 Å². The Morgan fingerprint density at radius 1 is 0.564 bits per heavy atom. The number of hydrogen-bond donors (Lipinski definition) is 0. The number of allylic oxidation sites excluding steroid dienone is 10. The van der Waals surface area contributed by atoms with Crippen LogP contribution < -0.4 is 5.11 Å². The van der Waals surface area contributed by atoms with Gasteiger partial charge in [-0.25, -0.2) is 0 Å². The van der Waals surface area contributed by atoms with Gasteiger partial charge in [-0.2, -0.15) is 0 Å². The van der Waals surface area contributed by atoms with Crippen molar-refractivity contribution in [1.29, 1.82) is 0 Å². The molecule has 0 saturated carbocycles. The van der Waals surface area contributed by atoms with E-state index in [0.29, 0.717) is 12.8 Å². The molecule has 55 heavy (non-hydrogen) atoms. The summed E-state index contributed by atoms with van der Waals surface area (Å²) >= 11 is 0. The molecule has 0 aromatic rings. The highest BCUT2D eigenvalue weighted by molar-refractivity contribution is 5.70. The number of aliphatic carboxylic acids is 1. The highest BCUT2D eigenvalue weighted by Gasteiger charge is 2.25. The number of nitrogens with zero attached hydrogens (tertiary/aromatic N) is 1. The van der Waals surface area contributed by atoms with E-state index in [1.807, 2.05) is 0 Å². The first-order valence-corrected chi connectivity index (χ1v) is 21.8. The average molecular weight is 772 g/mol. The van der Waals surface area contributed by atoms with Gasteiger partial charge in [-0.05, 0) is 70.6 Å². The zero-order valence-corrected chi connectivity index (χ0v) is 35.8.